The molecule has 4 heteroatoms. The average Bonchev–Trinajstić information content (AvgIpc) is 2.02. The van der Waals surface area contributed by atoms with Gasteiger partial charge >= 0.3 is 6.03 Å². The van der Waals surface area contributed by atoms with Crippen LogP contribution in [0.25, 0.3) is 0 Å². The second-order valence-corrected chi connectivity index (χ2v) is 4.29. The van der Waals surface area contributed by atoms with Gasteiger partial charge in [-0.05, 0) is 5.41 Å². The highest BCUT2D eigenvalue weighted by atomic mass is 16.3. The third-order valence-corrected chi connectivity index (χ3v) is 1.57. The minimum atomic E-state index is -0.209. The van der Waals surface area contributed by atoms with Gasteiger partial charge in [0.15, 0.2) is 0 Å². The van der Waals surface area contributed by atoms with Crippen LogP contribution >= 0.6 is 0 Å². The van der Waals surface area contributed by atoms with E-state index in [2.05, 4.69) is 5.32 Å². The maximum atomic E-state index is 11.3. The van der Waals surface area contributed by atoms with Crippen LogP contribution in [0.4, 0.5) is 4.79 Å². The Hall–Kier alpha value is -1.03. The van der Waals surface area contributed by atoms with E-state index in [4.69, 9.17) is 5.11 Å². The Balaban J connectivity index is 3.90. The molecule has 0 saturated carbocycles. The maximum Gasteiger partial charge on any atom is 0.321 e. The number of rotatable bonds is 3. The standard InChI is InChI=1S/C10H20N2O2/c1-10(2,3)5-6-11-9(14)12(4)7-8-13/h5-6,13H,7-8H2,1-4H3,(H,11,14)/b6-5+. The Bertz CT molecular complexity index is 207. The van der Waals surface area contributed by atoms with Crippen molar-refractivity contribution in [1.82, 2.24) is 10.2 Å². The van der Waals surface area contributed by atoms with Gasteiger partial charge < -0.3 is 15.3 Å². The van der Waals surface area contributed by atoms with E-state index in [9.17, 15) is 4.79 Å². The zero-order valence-corrected chi connectivity index (χ0v) is 9.37. The lowest BCUT2D eigenvalue weighted by Crippen LogP contribution is -2.36. The second-order valence-electron chi connectivity index (χ2n) is 4.29. The molecule has 0 saturated heterocycles. The third-order valence-electron chi connectivity index (χ3n) is 1.57. The first-order chi connectivity index (χ1) is 6.37. The fraction of sp³-hybridized carbons (Fsp3) is 0.700. The highest BCUT2D eigenvalue weighted by Crippen LogP contribution is 2.13. The van der Waals surface area contributed by atoms with E-state index in [0.29, 0.717) is 6.54 Å². The molecule has 0 aliphatic carbocycles. The number of nitrogens with zero attached hydrogens (tertiary/aromatic N) is 1. The van der Waals surface area contributed by atoms with Crippen LogP contribution in [-0.2, 0) is 0 Å². The van der Waals surface area contributed by atoms with Gasteiger partial charge in [0, 0.05) is 19.8 Å². The maximum absolute atomic E-state index is 11.3. The molecular formula is C10H20N2O2. The van der Waals surface area contributed by atoms with Crippen LogP contribution in [-0.4, -0.2) is 36.2 Å². The van der Waals surface area contributed by atoms with Gasteiger partial charge in [-0.2, -0.15) is 0 Å². The van der Waals surface area contributed by atoms with Gasteiger partial charge in [0.1, 0.15) is 0 Å². The van der Waals surface area contributed by atoms with E-state index < -0.39 is 0 Å². The molecule has 0 fully saturated rings. The van der Waals surface area contributed by atoms with Gasteiger partial charge in [-0.25, -0.2) is 4.79 Å². The number of likely N-dealkylation sites (N-methyl/N-ethyl adjacent to an activating group) is 1. The summed E-state index contributed by atoms with van der Waals surface area (Å²) in [5.74, 6) is 0. The topological polar surface area (TPSA) is 52.6 Å². The molecule has 0 aromatic carbocycles. The largest absolute Gasteiger partial charge is 0.395 e. The van der Waals surface area contributed by atoms with Gasteiger partial charge in [-0.15, -0.1) is 0 Å². The molecule has 0 atom stereocenters. The van der Waals surface area contributed by atoms with E-state index in [-0.39, 0.29) is 18.1 Å². The quantitative estimate of drug-likeness (QED) is 0.718. The van der Waals surface area contributed by atoms with Crippen LogP contribution < -0.4 is 5.32 Å². The van der Waals surface area contributed by atoms with Crippen LogP contribution in [0.3, 0.4) is 0 Å². The monoisotopic (exact) mass is 200 g/mol. The van der Waals surface area contributed by atoms with E-state index in [0.717, 1.165) is 0 Å². The van der Waals surface area contributed by atoms with Crippen LogP contribution in [0.5, 0.6) is 0 Å². The Kier molecular flexibility index (Phi) is 5.23. The summed E-state index contributed by atoms with van der Waals surface area (Å²) in [6.07, 6.45) is 3.55. The van der Waals surface area contributed by atoms with Gasteiger partial charge in [0.05, 0.1) is 6.61 Å². The molecule has 0 spiro atoms. The van der Waals surface area contributed by atoms with Crippen molar-refractivity contribution >= 4 is 6.03 Å². The molecule has 82 valence electrons. The van der Waals surface area contributed by atoms with Crippen molar-refractivity contribution < 1.29 is 9.90 Å². The van der Waals surface area contributed by atoms with Crippen LogP contribution in [0, 0.1) is 5.41 Å². The van der Waals surface area contributed by atoms with Crippen molar-refractivity contribution in [2.45, 2.75) is 20.8 Å². The normalized spacial score (nSPS) is 11.8. The molecule has 2 amide bonds. The predicted octanol–water partition coefficient (Wildman–Crippen LogP) is 1.18. The minimum Gasteiger partial charge on any atom is -0.395 e. The van der Waals surface area contributed by atoms with Gasteiger partial charge in [-0.1, -0.05) is 26.8 Å². The van der Waals surface area contributed by atoms with E-state index in [1.807, 2.05) is 26.8 Å². The fourth-order valence-corrected chi connectivity index (χ4v) is 0.725. The molecule has 14 heavy (non-hydrogen) atoms. The molecule has 0 rings (SSSR count). The number of allylic oxidation sites excluding steroid dienone is 1. The minimum absolute atomic E-state index is 0.0209. The Morgan fingerprint density at radius 1 is 1.50 bits per heavy atom. The van der Waals surface area contributed by atoms with Gasteiger partial charge in [-0.3, -0.25) is 0 Å². The summed E-state index contributed by atoms with van der Waals surface area (Å²) in [5, 5.41) is 11.2. The lowest BCUT2D eigenvalue weighted by Gasteiger charge is -2.16. The van der Waals surface area contributed by atoms with Crippen LogP contribution in [0.1, 0.15) is 20.8 Å². The number of hydrogen-bond donors (Lipinski definition) is 2. The highest BCUT2D eigenvalue weighted by Gasteiger charge is 2.06. The number of aliphatic hydroxyl groups is 1. The zero-order chi connectivity index (χ0) is 11.2. The zero-order valence-electron chi connectivity index (χ0n) is 9.37. The van der Waals surface area contributed by atoms with Crippen molar-refractivity contribution in [2.24, 2.45) is 5.41 Å². The molecule has 0 aromatic heterocycles. The van der Waals surface area contributed by atoms with E-state index in [1.165, 1.54) is 4.90 Å². The highest BCUT2D eigenvalue weighted by molar-refractivity contribution is 5.74. The molecule has 0 aliphatic rings. The Morgan fingerprint density at radius 2 is 2.07 bits per heavy atom. The van der Waals surface area contributed by atoms with Crippen LogP contribution in [0.2, 0.25) is 0 Å². The summed E-state index contributed by atoms with van der Waals surface area (Å²) in [4.78, 5) is 12.7. The Labute approximate surface area is 85.6 Å². The number of carbonyl (C=O) groups excluding carboxylic acids is 1. The Morgan fingerprint density at radius 3 is 2.50 bits per heavy atom. The number of carbonyl (C=O) groups is 1. The molecule has 0 radical (unpaired) electrons. The number of amides is 2. The van der Waals surface area contributed by atoms with Gasteiger partial charge in [0.2, 0.25) is 0 Å². The number of aliphatic hydroxyl groups excluding tert-OH is 1. The first-order valence-corrected chi connectivity index (χ1v) is 4.67. The fourth-order valence-electron chi connectivity index (χ4n) is 0.725. The summed E-state index contributed by atoms with van der Waals surface area (Å²) in [5.41, 5.74) is 0.0584. The van der Waals surface area contributed by atoms with E-state index in [1.54, 1.807) is 13.2 Å². The SMILES string of the molecule is CN(CCO)C(=O)N/C=C/C(C)(C)C. The second kappa shape index (κ2) is 5.65. The molecule has 4 nitrogen and oxygen atoms in total. The molecule has 0 aliphatic heterocycles. The molecule has 0 bridgehead atoms. The first-order valence-electron chi connectivity index (χ1n) is 4.67. The predicted molar refractivity (Wildman–Crippen MR) is 56.8 cm³/mol. The lowest BCUT2D eigenvalue weighted by atomic mass is 9.97. The average molecular weight is 200 g/mol. The summed E-state index contributed by atoms with van der Waals surface area (Å²) in [6, 6.07) is -0.209. The molecule has 2 N–H and O–H groups in total. The van der Waals surface area contributed by atoms with Crippen molar-refractivity contribution in [1.29, 1.82) is 0 Å². The number of urea groups is 1. The lowest BCUT2D eigenvalue weighted by molar-refractivity contribution is 0.193. The molecule has 0 unspecified atom stereocenters. The summed E-state index contributed by atoms with van der Waals surface area (Å²) < 4.78 is 0. The van der Waals surface area contributed by atoms with E-state index >= 15 is 0 Å². The third kappa shape index (κ3) is 6.48. The summed E-state index contributed by atoms with van der Waals surface area (Å²) >= 11 is 0. The summed E-state index contributed by atoms with van der Waals surface area (Å²) in [6.45, 7) is 6.47. The summed E-state index contributed by atoms with van der Waals surface area (Å²) in [7, 11) is 1.64. The molecule has 0 heterocycles. The first kappa shape index (κ1) is 13.0. The number of hydrogen-bond acceptors (Lipinski definition) is 2. The van der Waals surface area contributed by atoms with Crippen molar-refractivity contribution in [3.8, 4) is 0 Å². The van der Waals surface area contributed by atoms with Crippen molar-refractivity contribution in [3.63, 3.8) is 0 Å². The van der Waals surface area contributed by atoms with Crippen molar-refractivity contribution in [2.75, 3.05) is 20.2 Å². The van der Waals surface area contributed by atoms with Gasteiger partial charge in [0.25, 0.3) is 0 Å². The van der Waals surface area contributed by atoms with Crippen molar-refractivity contribution in [3.05, 3.63) is 12.3 Å². The molecular weight excluding hydrogens is 180 g/mol. The smallest absolute Gasteiger partial charge is 0.321 e. The van der Waals surface area contributed by atoms with Crippen LogP contribution in [0.15, 0.2) is 12.3 Å². The molecule has 0 aromatic rings. The number of nitrogens with one attached hydrogen (secondary N) is 1.